The second kappa shape index (κ2) is 6.33. The first-order valence-electron chi connectivity index (χ1n) is 6.50. The van der Waals surface area contributed by atoms with E-state index < -0.39 is 6.10 Å². The normalized spacial score (nSPS) is 31.8. The molecule has 0 aromatic heterocycles. The first-order valence-corrected chi connectivity index (χ1v) is 6.50. The monoisotopic (exact) mass is 242 g/mol. The smallest absolute Gasteiger partial charge is 0.251 e. The fourth-order valence-corrected chi connectivity index (χ4v) is 2.36. The third-order valence-electron chi connectivity index (χ3n) is 3.43. The Morgan fingerprint density at radius 1 is 1.41 bits per heavy atom. The van der Waals surface area contributed by atoms with E-state index in [2.05, 4.69) is 10.6 Å². The zero-order chi connectivity index (χ0) is 12.1. The average molecular weight is 242 g/mol. The second-order valence-electron chi connectivity index (χ2n) is 4.79. The van der Waals surface area contributed by atoms with Crippen molar-refractivity contribution in [3.8, 4) is 0 Å². The highest BCUT2D eigenvalue weighted by Crippen LogP contribution is 2.11. The zero-order valence-corrected chi connectivity index (χ0v) is 10.4. The first-order chi connectivity index (χ1) is 8.27. The lowest BCUT2D eigenvalue weighted by Crippen LogP contribution is -2.53. The van der Waals surface area contributed by atoms with E-state index in [0.717, 1.165) is 13.0 Å². The van der Waals surface area contributed by atoms with Crippen LogP contribution in [0.5, 0.6) is 0 Å². The summed E-state index contributed by atoms with van der Waals surface area (Å²) in [5, 5.41) is 6.45. The molecule has 0 spiro atoms. The van der Waals surface area contributed by atoms with Crippen molar-refractivity contribution in [3.63, 3.8) is 0 Å². The highest BCUT2D eigenvalue weighted by atomic mass is 16.6. The van der Waals surface area contributed by atoms with Crippen LogP contribution in [0.15, 0.2) is 0 Å². The maximum absolute atomic E-state index is 11.9. The van der Waals surface area contributed by atoms with Crippen LogP contribution in [-0.2, 0) is 14.3 Å². The SMILES string of the molecule is CC(NC(=O)C1COCCO1)C1CCCCN1. The van der Waals surface area contributed by atoms with E-state index in [4.69, 9.17) is 9.47 Å². The van der Waals surface area contributed by atoms with Crippen molar-refractivity contribution in [2.75, 3.05) is 26.4 Å². The summed E-state index contributed by atoms with van der Waals surface area (Å²) < 4.78 is 10.6. The molecule has 2 aliphatic heterocycles. The van der Waals surface area contributed by atoms with E-state index >= 15 is 0 Å². The van der Waals surface area contributed by atoms with Crippen LogP contribution < -0.4 is 10.6 Å². The molecule has 2 fully saturated rings. The minimum absolute atomic E-state index is 0.0513. The lowest BCUT2D eigenvalue weighted by Gasteiger charge is -2.31. The summed E-state index contributed by atoms with van der Waals surface area (Å²) in [5.74, 6) is -0.0513. The quantitative estimate of drug-likeness (QED) is 0.734. The Labute approximate surface area is 102 Å². The molecule has 0 aliphatic carbocycles. The van der Waals surface area contributed by atoms with E-state index in [1.54, 1.807) is 0 Å². The summed E-state index contributed by atoms with van der Waals surface area (Å²) in [6.07, 6.45) is 3.16. The van der Waals surface area contributed by atoms with Crippen molar-refractivity contribution >= 4 is 5.91 Å². The third-order valence-corrected chi connectivity index (χ3v) is 3.43. The fraction of sp³-hybridized carbons (Fsp3) is 0.917. The Hall–Kier alpha value is -0.650. The van der Waals surface area contributed by atoms with E-state index in [-0.39, 0.29) is 11.9 Å². The molecule has 0 aromatic rings. The van der Waals surface area contributed by atoms with Crippen LogP contribution in [0.4, 0.5) is 0 Å². The largest absolute Gasteiger partial charge is 0.376 e. The average Bonchev–Trinajstić information content (AvgIpc) is 2.40. The Balaban J connectivity index is 1.76. The van der Waals surface area contributed by atoms with Crippen LogP contribution in [0.25, 0.3) is 0 Å². The van der Waals surface area contributed by atoms with Crippen molar-refractivity contribution in [2.45, 2.75) is 44.4 Å². The van der Waals surface area contributed by atoms with Gasteiger partial charge in [-0.15, -0.1) is 0 Å². The number of carbonyl (C=O) groups is 1. The molecule has 1 amide bonds. The van der Waals surface area contributed by atoms with Crippen LogP contribution >= 0.6 is 0 Å². The van der Waals surface area contributed by atoms with Gasteiger partial charge >= 0.3 is 0 Å². The molecule has 2 saturated heterocycles. The molecule has 2 rings (SSSR count). The van der Waals surface area contributed by atoms with Gasteiger partial charge in [-0.1, -0.05) is 6.42 Å². The van der Waals surface area contributed by atoms with Gasteiger partial charge < -0.3 is 20.1 Å². The van der Waals surface area contributed by atoms with Gasteiger partial charge in [-0.05, 0) is 26.3 Å². The van der Waals surface area contributed by atoms with Gasteiger partial charge in [0.1, 0.15) is 0 Å². The maximum atomic E-state index is 11.9. The molecule has 3 atom stereocenters. The number of piperidine rings is 1. The van der Waals surface area contributed by atoms with Crippen molar-refractivity contribution in [2.24, 2.45) is 0 Å². The highest BCUT2D eigenvalue weighted by molar-refractivity contribution is 5.81. The number of nitrogens with one attached hydrogen (secondary N) is 2. The molecule has 98 valence electrons. The minimum Gasteiger partial charge on any atom is -0.376 e. The molecule has 17 heavy (non-hydrogen) atoms. The van der Waals surface area contributed by atoms with Crippen molar-refractivity contribution in [3.05, 3.63) is 0 Å². The van der Waals surface area contributed by atoms with Gasteiger partial charge in [-0.25, -0.2) is 0 Å². The summed E-state index contributed by atoms with van der Waals surface area (Å²) in [6.45, 7) is 4.56. The van der Waals surface area contributed by atoms with Crippen LogP contribution in [0, 0.1) is 0 Å². The van der Waals surface area contributed by atoms with Crippen LogP contribution in [-0.4, -0.2) is 50.5 Å². The molecule has 0 radical (unpaired) electrons. The Bertz CT molecular complexity index is 248. The zero-order valence-electron chi connectivity index (χ0n) is 10.4. The fourth-order valence-electron chi connectivity index (χ4n) is 2.36. The molecule has 5 heteroatoms. The van der Waals surface area contributed by atoms with Crippen molar-refractivity contribution in [1.29, 1.82) is 0 Å². The number of amides is 1. The minimum atomic E-state index is -0.435. The molecule has 3 unspecified atom stereocenters. The standard InChI is InChI=1S/C12H22N2O3/c1-9(10-4-2-3-5-13-10)14-12(15)11-8-16-6-7-17-11/h9-11,13H,2-8H2,1H3,(H,14,15). The van der Waals surface area contributed by atoms with Gasteiger partial charge in [-0.3, -0.25) is 4.79 Å². The van der Waals surface area contributed by atoms with Gasteiger partial charge in [0.05, 0.1) is 19.8 Å². The van der Waals surface area contributed by atoms with Gasteiger partial charge in [0.25, 0.3) is 5.91 Å². The van der Waals surface area contributed by atoms with Crippen molar-refractivity contribution in [1.82, 2.24) is 10.6 Å². The first kappa shape index (κ1) is 12.8. The Kier molecular flexibility index (Phi) is 4.76. The van der Waals surface area contributed by atoms with E-state index in [1.165, 1.54) is 12.8 Å². The molecule has 0 saturated carbocycles. The molecular formula is C12H22N2O3. The van der Waals surface area contributed by atoms with Crippen LogP contribution in [0.3, 0.4) is 0 Å². The van der Waals surface area contributed by atoms with Gasteiger partial charge in [0.2, 0.25) is 0 Å². The van der Waals surface area contributed by atoms with E-state index in [9.17, 15) is 4.79 Å². The summed E-state index contributed by atoms with van der Waals surface area (Å²) in [6, 6.07) is 0.533. The maximum Gasteiger partial charge on any atom is 0.251 e. The van der Waals surface area contributed by atoms with Crippen LogP contribution in [0.2, 0.25) is 0 Å². The molecule has 2 aliphatic rings. The summed E-state index contributed by atoms with van der Waals surface area (Å²) >= 11 is 0. The van der Waals surface area contributed by atoms with Crippen molar-refractivity contribution < 1.29 is 14.3 Å². The van der Waals surface area contributed by atoms with E-state index in [0.29, 0.717) is 25.9 Å². The molecule has 2 N–H and O–H groups in total. The number of carbonyl (C=O) groups excluding carboxylic acids is 1. The van der Waals surface area contributed by atoms with E-state index in [1.807, 2.05) is 6.92 Å². The predicted molar refractivity (Wildman–Crippen MR) is 63.8 cm³/mol. The predicted octanol–water partition coefficient (Wildman–Crippen LogP) is 0.0486. The Morgan fingerprint density at radius 2 is 2.29 bits per heavy atom. The number of rotatable bonds is 3. The number of ether oxygens (including phenoxy) is 2. The Morgan fingerprint density at radius 3 is 2.94 bits per heavy atom. The second-order valence-corrected chi connectivity index (χ2v) is 4.79. The molecule has 0 bridgehead atoms. The van der Waals surface area contributed by atoms with Gasteiger partial charge in [0.15, 0.2) is 6.10 Å². The topological polar surface area (TPSA) is 59.6 Å². The van der Waals surface area contributed by atoms with Crippen LogP contribution in [0.1, 0.15) is 26.2 Å². The van der Waals surface area contributed by atoms with Gasteiger partial charge in [-0.2, -0.15) is 0 Å². The lowest BCUT2D eigenvalue weighted by molar-refractivity contribution is -0.148. The summed E-state index contributed by atoms with van der Waals surface area (Å²) in [4.78, 5) is 11.9. The lowest BCUT2D eigenvalue weighted by atomic mass is 9.99. The molecule has 5 nitrogen and oxygen atoms in total. The molecular weight excluding hydrogens is 220 g/mol. The number of hydrogen-bond acceptors (Lipinski definition) is 4. The molecule has 2 heterocycles. The molecule has 0 aromatic carbocycles. The summed E-state index contributed by atoms with van der Waals surface area (Å²) in [7, 11) is 0. The highest BCUT2D eigenvalue weighted by Gasteiger charge is 2.26. The summed E-state index contributed by atoms with van der Waals surface area (Å²) in [5.41, 5.74) is 0. The van der Waals surface area contributed by atoms with Gasteiger partial charge in [0, 0.05) is 12.1 Å². The third kappa shape index (κ3) is 3.66. The number of hydrogen-bond donors (Lipinski definition) is 2.